The fourth-order valence-electron chi connectivity index (χ4n) is 5.18. The lowest BCUT2D eigenvalue weighted by Crippen LogP contribution is -2.55. The normalized spacial score (nSPS) is 23.6. The van der Waals surface area contributed by atoms with Crippen LogP contribution < -0.4 is 5.73 Å². The van der Waals surface area contributed by atoms with Gasteiger partial charge in [-0.05, 0) is 35.7 Å². The lowest BCUT2D eigenvalue weighted by molar-refractivity contribution is -0.309. The quantitative estimate of drug-likeness (QED) is 0.234. The lowest BCUT2D eigenvalue weighted by Gasteiger charge is -2.39. The summed E-state index contributed by atoms with van der Waals surface area (Å²) in [6, 6.07) is 32.7. The first-order valence-corrected chi connectivity index (χ1v) is 13.5. The number of aliphatic hydroxyl groups is 1. The van der Waals surface area contributed by atoms with Crippen molar-refractivity contribution in [1.82, 2.24) is 14.6 Å². The number of fused-ring (bicyclic) bond motifs is 1. The van der Waals surface area contributed by atoms with Crippen molar-refractivity contribution in [3.63, 3.8) is 0 Å². The standard InChI is InChI=1S/C32H32N4O5.ClH/c1-31(40-21-25-15-9-4-10-16-25)28(38-19-23-11-5-2-6-12-23)30(39-20-24-13-7-3-8-14-24)41-32(31,37)27-18-17-26-29(33)34-22-35-36(26)27;/h2-18,22,28,30,37H,19-21H2,1H3,(H2,33,34,35);1H/t28-,30+,31-,32?;/m1./s1. The highest BCUT2D eigenvalue weighted by Gasteiger charge is 2.67. The average molecular weight is 589 g/mol. The summed E-state index contributed by atoms with van der Waals surface area (Å²) in [5.74, 6) is -1.77. The molecule has 218 valence electrons. The van der Waals surface area contributed by atoms with Crippen molar-refractivity contribution in [3.05, 3.63) is 132 Å². The van der Waals surface area contributed by atoms with Crippen LogP contribution in [0, 0.1) is 0 Å². The van der Waals surface area contributed by atoms with Gasteiger partial charge in [0.1, 0.15) is 23.6 Å². The van der Waals surface area contributed by atoms with Crippen LogP contribution >= 0.6 is 12.4 Å². The SMILES string of the molecule is C[C@@]1(OCc2ccccc2)[C@H](OCc2ccccc2)[C@@H](OCc2ccccc2)OC1(O)c1ccc2c(N)ncnn12.Cl. The van der Waals surface area contributed by atoms with Crippen molar-refractivity contribution < 1.29 is 24.1 Å². The monoisotopic (exact) mass is 588 g/mol. The number of aromatic nitrogens is 3. The molecule has 0 spiro atoms. The van der Waals surface area contributed by atoms with Gasteiger partial charge in [-0.1, -0.05) is 91.0 Å². The van der Waals surface area contributed by atoms with E-state index in [2.05, 4.69) is 10.1 Å². The molecule has 0 amide bonds. The molecule has 5 aromatic rings. The van der Waals surface area contributed by atoms with Crippen LogP contribution in [0.1, 0.15) is 29.3 Å². The summed E-state index contributed by atoms with van der Waals surface area (Å²) in [4.78, 5) is 4.08. The molecule has 10 heteroatoms. The summed E-state index contributed by atoms with van der Waals surface area (Å²) >= 11 is 0. The Morgan fingerprint density at radius 1 is 0.810 bits per heavy atom. The van der Waals surface area contributed by atoms with Crippen LogP contribution in [0.4, 0.5) is 5.82 Å². The van der Waals surface area contributed by atoms with E-state index < -0.39 is 23.8 Å². The van der Waals surface area contributed by atoms with Gasteiger partial charge >= 0.3 is 0 Å². The fourth-order valence-corrected chi connectivity index (χ4v) is 5.18. The second kappa shape index (κ2) is 12.6. The molecule has 1 unspecified atom stereocenters. The van der Waals surface area contributed by atoms with Gasteiger partial charge in [-0.15, -0.1) is 12.4 Å². The zero-order valence-corrected chi connectivity index (χ0v) is 23.9. The minimum Gasteiger partial charge on any atom is -0.382 e. The molecular formula is C32H33ClN4O5. The van der Waals surface area contributed by atoms with Crippen LogP contribution in [-0.4, -0.2) is 37.7 Å². The van der Waals surface area contributed by atoms with E-state index in [1.807, 2.05) is 91.0 Å². The van der Waals surface area contributed by atoms with Crippen molar-refractivity contribution in [2.75, 3.05) is 5.73 Å². The van der Waals surface area contributed by atoms with Gasteiger partial charge in [-0.25, -0.2) is 9.50 Å². The molecule has 6 rings (SSSR count). The van der Waals surface area contributed by atoms with Crippen molar-refractivity contribution in [2.45, 2.75) is 50.5 Å². The third kappa shape index (κ3) is 5.63. The number of nitrogen functional groups attached to an aromatic ring is 1. The van der Waals surface area contributed by atoms with E-state index in [1.165, 1.54) is 10.8 Å². The molecule has 0 radical (unpaired) electrons. The first-order chi connectivity index (χ1) is 20.0. The molecule has 1 saturated heterocycles. The number of hydrogen-bond donors (Lipinski definition) is 2. The van der Waals surface area contributed by atoms with E-state index in [1.54, 1.807) is 19.1 Å². The van der Waals surface area contributed by atoms with Crippen molar-refractivity contribution in [2.24, 2.45) is 0 Å². The maximum Gasteiger partial charge on any atom is 0.245 e. The predicted molar refractivity (Wildman–Crippen MR) is 159 cm³/mol. The van der Waals surface area contributed by atoms with Crippen LogP contribution in [0.3, 0.4) is 0 Å². The summed E-state index contributed by atoms with van der Waals surface area (Å²) in [7, 11) is 0. The highest BCUT2D eigenvalue weighted by molar-refractivity contribution is 5.85. The van der Waals surface area contributed by atoms with Crippen LogP contribution in [0.25, 0.3) is 5.52 Å². The van der Waals surface area contributed by atoms with Gasteiger partial charge in [0.25, 0.3) is 0 Å². The molecule has 9 nitrogen and oxygen atoms in total. The third-order valence-corrected chi connectivity index (χ3v) is 7.49. The van der Waals surface area contributed by atoms with E-state index in [0.29, 0.717) is 11.2 Å². The van der Waals surface area contributed by atoms with Gasteiger partial charge in [0.2, 0.25) is 5.79 Å². The topological polar surface area (TPSA) is 113 Å². The van der Waals surface area contributed by atoms with Crippen LogP contribution in [-0.2, 0) is 44.6 Å². The minimum absolute atomic E-state index is 0. The molecule has 3 heterocycles. The van der Waals surface area contributed by atoms with E-state index in [0.717, 1.165) is 16.7 Å². The van der Waals surface area contributed by atoms with E-state index in [9.17, 15) is 5.11 Å². The molecule has 42 heavy (non-hydrogen) atoms. The lowest BCUT2D eigenvalue weighted by atomic mass is 9.88. The fraction of sp³-hybridized carbons (Fsp3) is 0.250. The third-order valence-electron chi connectivity index (χ3n) is 7.49. The Hall–Kier alpha value is -3.83. The van der Waals surface area contributed by atoms with Crippen molar-refractivity contribution in [1.29, 1.82) is 0 Å². The smallest absolute Gasteiger partial charge is 0.245 e. The molecule has 1 fully saturated rings. The van der Waals surface area contributed by atoms with Crippen LogP contribution in [0.5, 0.6) is 0 Å². The maximum absolute atomic E-state index is 12.5. The zero-order valence-electron chi connectivity index (χ0n) is 23.1. The molecule has 0 aliphatic carbocycles. The highest BCUT2D eigenvalue weighted by atomic mass is 35.5. The molecule has 1 aliphatic rings. The Balaban J connectivity index is 0.00000353. The van der Waals surface area contributed by atoms with E-state index in [4.69, 9.17) is 24.7 Å². The number of halogens is 1. The number of benzene rings is 3. The Bertz CT molecular complexity index is 1590. The van der Waals surface area contributed by atoms with Crippen LogP contribution in [0.15, 0.2) is 109 Å². The number of hydrogen-bond acceptors (Lipinski definition) is 8. The molecule has 0 saturated carbocycles. The van der Waals surface area contributed by atoms with E-state index >= 15 is 0 Å². The van der Waals surface area contributed by atoms with Crippen molar-refractivity contribution in [3.8, 4) is 0 Å². The van der Waals surface area contributed by atoms with E-state index in [-0.39, 0.29) is 38.0 Å². The molecule has 3 N–H and O–H groups in total. The number of ether oxygens (including phenoxy) is 4. The maximum atomic E-state index is 12.5. The average Bonchev–Trinajstić information content (AvgIpc) is 3.54. The molecule has 3 aromatic carbocycles. The van der Waals surface area contributed by atoms with Gasteiger partial charge in [0, 0.05) is 0 Å². The Kier molecular flexibility index (Phi) is 8.88. The second-order valence-electron chi connectivity index (χ2n) is 10.2. The van der Waals surface area contributed by atoms with Gasteiger partial charge in [-0.2, -0.15) is 5.10 Å². The summed E-state index contributed by atoms with van der Waals surface area (Å²) < 4.78 is 27.4. The van der Waals surface area contributed by atoms with Gasteiger partial charge in [-0.3, -0.25) is 0 Å². The van der Waals surface area contributed by atoms with Crippen molar-refractivity contribution >= 4 is 23.7 Å². The zero-order chi connectivity index (χ0) is 28.3. The molecular weight excluding hydrogens is 556 g/mol. The molecule has 0 bridgehead atoms. The van der Waals surface area contributed by atoms with Gasteiger partial charge in [0.15, 0.2) is 17.7 Å². The molecule has 1 aliphatic heterocycles. The minimum atomic E-state index is -2.04. The number of rotatable bonds is 10. The largest absolute Gasteiger partial charge is 0.382 e. The molecule has 2 aromatic heterocycles. The first kappa shape index (κ1) is 29.7. The number of nitrogens with two attached hydrogens (primary N) is 1. The molecule has 4 atom stereocenters. The summed E-state index contributed by atoms with van der Waals surface area (Å²) in [5, 5.41) is 16.9. The summed E-state index contributed by atoms with van der Waals surface area (Å²) in [6.07, 6.45) is -0.502. The second-order valence-corrected chi connectivity index (χ2v) is 10.2. The number of nitrogens with zero attached hydrogens (tertiary/aromatic N) is 3. The van der Waals surface area contributed by atoms with Gasteiger partial charge in [0.05, 0.1) is 19.8 Å². The van der Waals surface area contributed by atoms with Crippen LogP contribution in [0.2, 0.25) is 0 Å². The summed E-state index contributed by atoms with van der Waals surface area (Å²) in [5.41, 5.74) is 8.35. The summed E-state index contributed by atoms with van der Waals surface area (Å²) in [6.45, 7) is 2.47. The Morgan fingerprint density at radius 2 is 1.36 bits per heavy atom. The highest BCUT2D eigenvalue weighted by Crippen LogP contribution is 2.50. The Labute approximate surface area is 250 Å². The van der Waals surface area contributed by atoms with Gasteiger partial charge < -0.3 is 29.8 Å². The Morgan fingerprint density at radius 3 is 1.95 bits per heavy atom. The first-order valence-electron chi connectivity index (χ1n) is 13.5. The number of anilines is 1. The predicted octanol–water partition coefficient (Wildman–Crippen LogP) is 5.01.